The Bertz CT molecular complexity index is 772. The number of rotatable bonds is 4. The number of aryl methyl sites for hydroxylation is 2. The van der Waals surface area contributed by atoms with Crippen LogP contribution in [0.3, 0.4) is 0 Å². The van der Waals surface area contributed by atoms with Crippen molar-refractivity contribution in [2.75, 3.05) is 4.72 Å². The Balaban J connectivity index is 2.47. The maximum atomic E-state index is 12.5. The van der Waals surface area contributed by atoms with E-state index in [9.17, 15) is 13.5 Å². The number of nitrogens with one attached hydrogen (secondary N) is 1. The number of sulfonamides is 1. The number of aliphatic hydroxyl groups excluding tert-OH is 1. The lowest BCUT2D eigenvalue weighted by Crippen LogP contribution is -2.15. The molecule has 0 saturated heterocycles. The van der Waals surface area contributed by atoms with Crippen LogP contribution in [0, 0.1) is 13.8 Å². The van der Waals surface area contributed by atoms with Gasteiger partial charge in [0.15, 0.2) is 0 Å². The monoisotopic (exact) mass is 369 g/mol. The summed E-state index contributed by atoms with van der Waals surface area (Å²) in [5, 5.41) is 9.31. The fourth-order valence-electron chi connectivity index (χ4n) is 2.08. The quantitative estimate of drug-likeness (QED) is 0.867. The van der Waals surface area contributed by atoms with Gasteiger partial charge in [0.1, 0.15) is 0 Å². The van der Waals surface area contributed by atoms with Crippen LogP contribution in [-0.2, 0) is 16.6 Å². The molecule has 0 aliphatic heterocycles. The smallest absolute Gasteiger partial charge is 0.262 e. The van der Waals surface area contributed by atoms with Gasteiger partial charge in [0.05, 0.1) is 17.2 Å². The van der Waals surface area contributed by atoms with E-state index in [0.29, 0.717) is 21.3 Å². The molecule has 0 unspecified atom stereocenters. The summed E-state index contributed by atoms with van der Waals surface area (Å²) in [5.41, 5.74) is 2.59. The molecule has 2 aromatic carbocycles. The van der Waals surface area contributed by atoms with Gasteiger partial charge in [0, 0.05) is 4.47 Å². The highest BCUT2D eigenvalue weighted by atomic mass is 79.9. The molecule has 0 heterocycles. The summed E-state index contributed by atoms with van der Waals surface area (Å²) in [6, 6.07) is 10.3. The predicted octanol–water partition coefficient (Wildman–Crippen LogP) is 3.36. The van der Waals surface area contributed by atoms with Crippen molar-refractivity contribution >= 4 is 31.6 Å². The molecule has 0 amide bonds. The molecule has 0 aliphatic rings. The highest BCUT2D eigenvalue weighted by molar-refractivity contribution is 9.10. The predicted molar refractivity (Wildman–Crippen MR) is 86.8 cm³/mol. The molecule has 0 aliphatic carbocycles. The van der Waals surface area contributed by atoms with E-state index in [2.05, 4.69) is 20.7 Å². The first-order chi connectivity index (χ1) is 9.85. The first kappa shape index (κ1) is 16.0. The zero-order valence-electron chi connectivity index (χ0n) is 11.7. The summed E-state index contributed by atoms with van der Waals surface area (Å²) in [6.07, 6.45) is 0. The Morgan fingerprint density at radius 1 is 1.14 bits per heavy atom. The zero-order chi connectivity index (χ0) is 15.6. The Labute approximate surface area is 133 Å². The maximum absolute atomic E-state index is 12.5. The summed E-state index contributed by atoms with van der Waals surface area (Å²) >= 11 is 3.31. The van der Waals surface area contributed by atoms with E-state index in [4.69, 9.17) is 0 Å². The fraction of sp³-hybridized carbons (Fsp3) is 0.200. The van der Waals surface area contributed by atoms with Crippen LogP contribution in [0.5, 0.6) is 0 Å². The number of aliphatic hydroxyl groups is 1. The Morgan fingerprint density at radius 2 is 1.81 bits per heavy atom. The summed E-state index contributed by atoms with van der Waals surface area (Å²) in [5.74, 6) is 0. The second-order valence-electron chi connectivity index (χ2n) is 4.79. The zero-order valence-corrected chi connectivity index (χ0v) is 14.1. The molecule has 6 heteroatoms. The van der Waals surface area contributed by atoms with Crippen molar-refractivity contribution in [1.82, 2.24) is 0 Å². The lowest BCUT2D eigenvalue weighted by Gasteiger charge is -2.14. The Kier molecular flexibility index (Phi) is 4.70. The van der Waals surface area contributed by atoms with Crippen molar-refractivity contribution in [3.8, 4) is 0 Å². The molecule has 0 spiro atoms. The Morgan fingerprint density at radius 3 is 2.43 bits per heavy atom. The molecular formula is C15H16BrNO3S. The molecule has 0 fully saturated rings. The van der Waals surface area contributed by atoms with Gasteiger partial charge in [-0.25, -0.2) is 8.42 Å². The summed E-state index contributed by atoms with van der Waals surface area (Å²) < 4.78 is 28.3. The molecule has 0 bridgehead atoms. The molecule has 0 saturated carbocycles. The van der Waals surface area contributed by atoms with Gasteiger partial charge >= 0.3 is 0 Å². The van der Waals surface area contributed by atoms with Crippen LogP contribution in [0.1, 0.15) is 16.7 Å². The summed E-state index contributed by atoms with van der Waals surface area (Å²) in [7, 11) is -3.71. The van der Waals surface area contributed by atoms with Gasteiger partial charge in [-0.1, -0.05) is 18.2 Å². The second-order valence-corrected chi connectivity index (χ2v) is 7.29. The first-order valence-electron chi connectivity index (χ1n) is 6.33. The lowest BCUT2D eigenvalue weighted by molar-refractivity contribution is 0.280. The van der Waals surface area contributed by atoms with E-state index in [0.717, 1.165) is 5.56 Å². The average molecular weight is 370 g/mol. The van der Waals surface area contributed by atoms with Gasteiger partial charge in [0.2, 0.25) is 0 Å². The van der Waals surface area contributed by atoms with Crippen molar-refractivity contribution < 1.29 is 13.5 Å². The summed E-state index contributed by atoms with van der Waals surface area (Å²) in [4.78, 5) is 0.174. The molecule has 4 nitrogen and oxygen atoms in total. The minimum absolute atomic E-state index is 0.174. The lowest BCUT2D eigenvalue weighted by atomic mass is 10.1. The van der Waals surface area contributed by atoms with Gasteiger partial charge in [-0.3, -0.25) is 4.72 Å². The topological polar surface area (TPSA) is 66.4 Å². The van der Waals surface area contributed by atoms with Gasteiger partial charge in [-0.05, 0) is 64.7 Å². The van der Waals surface area contributed by atoms with E-state index in [1.807, 2.05) is 13.0 Å². The van der Waals surface area contributed by atoms with E-state index in [1.165, 1.54) is 6.07 Å². The van der Waals surface area contributed by atoms with Gasteiger partial charge < -0.3 is 5.11 Å². The molecular weight excluding hydrogens is 354 g/mol. The average Bonchev–Trinajstić information content (AvgIpc) is 2.41. The van der Waals surface area contributed by atoms with Gasteiger partial charge in [-0.15, -0.1) is 0 Å². The van der Waals surface area contributed by atoms with E-state index < -0.39 is 10.0 Å². The molecule has 2 aromatic rings. The highest BCUT2D eigenvalue weighted by Crippen LogP contribution is 2.27. The van der Waals surface area contributed by atoms with Crippen molar-refractivity contribution in [2.24, 2.45) is 0 Å². The molecule has 0 radical (unpaired) electrons. The number of benzene rings is 2. The van der Waals surface area contributed by atoms with Crippen LogP contribution < -0.4 is 4.72 Å². The van der Waals surface area contributed by atoms with Crippen LogP contribution in [0.25, 0.3) is 0 Å². The highest BCUT2D eigenvalue weighted by Gasteiger charge is 2.19. The number of para-hydroxylation sites is 1. The van der Waals surface area contributed by atoms with E-state index in [1.54, 1.807) is 31.2 Å². The van der Waals surface area contributed by atoms with Crippen LogP contribution in [0.15, 0.2) is 45.8 Å². The third-order valence-corrected chi connectivity index (χ3v) is 5.41. The van der Waals surface area contributed by atoms with Crippen LogP contribution in [0.2, 0.25) is 0 Å². The minimum Gasteiger partial charge on any atom is -0.392 e. The molecule has 0 atom stereocenters. The van der Waals surface area contributed by atoms with Crippen LogP contribution >= 0.6 is 15.9 Å². The second kappa shape index (κ2) is 6.17. The number of hydrogen-bond acceptors (Lipinski definition) is 3. The van der Waals surface area contributed by atoms with E-state index in [-0.39, 0.29) is 11.5 Å². The van der Waals surface area contributed by atoms with Crippen molar-refractivity contribution in [3.05, 3.63) is 57.6 Å². The fourth-order valence-corrected chi connectivity index (χ4v) is 3.95. The third-order valence-electron chi connectivity index (χ3n) is 3.21. The molecule has 21 heavy (non-hydrogen) atoms. The third kappa shape index (κ3) is 3.45. The molecule has 2 N–H and O–H groups in total. The van der Waals surface area contributed by atoms with Crippen molar-refractivity contribution in [1.29, 1.82) is 0 Å². The SMILES string of the molecule is Cc1cc(C)c(S(=O)(=O)Nc2ccccc2Br)cc1CO. The van der Waals surface area contributed by atoms with Crippen LogP contribution in [-0.4, -0.2) is 13.5 Å². The van der Waals surface area contributed by atoms with Crippen molar-refractivity contribution in [2.45, 2.75) is 25.3 Å². The summed E-state index contributed by atoms with van der Waals surface area (Å²) in [6.45, 7) is 3.39. The molecule has 112 valence electrons. The normalized spacial score (nSPS) is 11.4. The first-order valence-corrected chi connectivity index (χ1v) is 8.61. The van der Waals surface area contributed by atoms with Crippen molar-refractivity contribution in [3.63, 3.8) is 0 Å². The number of halogens is 1. The maximum Gasteiger partial charge on any atom is 0.262 e. The Hall–Kier alpha value is -1.37. The number of anilines is 1. The van der Waals surface area contributed by atoms with Gasteiger partial charge in [-0.2, -0.15) is 0 Å². The largest absolute Gasteiger partial charge is 0.392 e. The minimum atomic E-state index is -3.71. The van der Waals surface area contributed by atoms with E-state index >= 15 is 0 Å². The standard InChI is InChI=1S/C15H16BrNO3S/c1-10-7-11(2)15(8-12(10)9-18)21(19,20)17-14-6-4-3-5-13(14)16/h3-8,17-18H,9H2,1-2H3. The van der Waals surface area contributed by atoms with Crippen LogP contribution in [0.4, 0.5) is 5.69 Å². The molecule has 2 rings (SSSR count). The van der Waals surface area contributed by atoms with Gasteiger partial charge in [0.25, 0.3) is 10.0 Å². The molecule has 0 aromatic heterocycles. The number of hydrogen-bond donors (Lipinski definition) is 2.